The van der Waals surface area contributed by atoms with Crippen LogP contribution in [0.4, 0.5) is 5.95 Å². The van der Waals surface area contributed by atoms with Crippen molar-refractivity contribution in [3.63, 3.8) is 0 Å². The number of fused-ring (bicyclic) bond motifs is 1. The Bertz CT molecular complexity index is 965. The highest BCUT2D eigenvalue weighted by Gasteiger charge is 2.26. The summed E-state index contributed by atoms with van der Waals surface area (Å²) in [5, 5.41) is 0. The molecule has 0 atom stereocenters. The van der Waals surface area contributed by atoms with Gasteiger partial charge in [0.2, 0.25) is 5.95 Å². The maximum Gasteiger partial charge on any atom is 0.329 e. The molecule has 3 rings (SSSR count). The molecule has 1 aliphatic heterocycles. The van der Waals surface area contributed by atoms with Crippen molar-refractivity contribution in [3.05, 3.63) is 20.8 Å². The van der Waals surface area contributed by atoms with Gasteiger partial charge in [-0.2, -0.15) is 4.98 Å². The number of esters is 1. The van der Waals surface area contributed by atoms with E-state index in [1.807, 2.05) is 9.47 Å². The first-order valence-electron chi connectivity index (χ1n) is 9.64. The summed E-state index contributed by atoms with van der Waals surface area (Å²) in [6.45, 7) is 9.95. The summed E-state index contributed by atoms with van der Waals surface area (Å²) in [6.07, 6.45) is 0. The summed E-state index contributed by atoms with van der Waals surface area (Å²) >= 11 is 0. The summed E-state index contributed by atoms with van der Waals surface area (Å²) in [7, 11) is 1.61. The predicted octanol–water partition coefficient (Wildman–Crippen LogP) is -0.236. The number of nitrogens with zero attached hydrogens (tertiary/aromatic N) is 5. The summed E-state index contributed by atoms with van der Waals surface area (Å²) < 4.78 is 8.29. The minimum absolute atomic E-state index is 0.218. The minimum Gasteiger partial charge on any atom is -0.465 e. The molecule has 0 unspecified atom stereocenters. The Kier molecular flexibility index (Phi) is 5.87. The predicted molar refractivity (Wildman–Crippen MR) is 106 cm³/mol. The molecular weight excluding hydrogens is 364 g/mol. The third-order valence-corrected chi connectivity index (χ3v) is 4.85. The van der Waals surface area contributed by atoms with E-state index in [4.69, 9.17) is 4.74 Å². The SMILES string of the molecule is CCOC(=O)CN1CCN(c2nc3c(c(=O)[nH]c(=O)n3C)n2CC(C)C)CC1. The van der Waals surface area contributed by atoms with Crippen LogP contribution in [0.1, 0.15) is 20.8 Å². The molecule has 2 aromatic rings. The fourth-order valence-electron chi connectivity index (χ4n) is 3.50. The smallest absolute Gasteiger partial charge is 0.329 e. The highest BCUT2D eigenvalue weighted by molar-refractivity contribution is 5.74. The molecule has 1 fully saturated rings. The first kappa shape index (κ1) is 20.1. The number of hydrogen-bond donors (Lipinski definition) is 1. The molecule has 0 aliphatic carbocycles. The van der Waals surface area contributed by atoms with Crippen LogP contribution in [0, 0.1) is 5.92 Å². The number of carbonyl (C=O) groups excluding carboxylic acids is 1. The van der Waals surface area contributed by atoms with Crippen LogP contribution in [0.15, 0.2) is 9.59 Å². The zero-order chi connectivity index (χ0) is 20.4. The number of imidazole rings is 1. The molecular formula is C18H28N6O4. The minimum atomic E-state index is -0.475. The Morgan fingerprint density at radius 3 is 2.50 bits per heavy atom. The van der Waals surface area contributed by atoms with Gasteiger partial charge in [-0.15, -0.1) is 0 Å². The molecule has 10 heteroatoms. The van der Waals surface area contributed by atoms with Crippen LogP contribution in [-0.4, -0.2) is 69.3 Å². The standard InChI is InChI=1S/C18H28N6O4/c1-5-28-13(25)11-22-6-8-23(9-7-22)17-19-15-14(24(17)10-12(2)3)16(26)20-18(27)21(15)4/h12H,5-11H2,1-4H3,(H,20,26,27). The molecule has 0 radical (unpaired) electrons. The second-order valence-corrected chi connectivity index (χ2v) is 7.47. The van der Waals surface area contributed by atoms with Crippen LogP contribution in [0.5, 0.6) is 0 Å². The van der Waals surface area contributed by atoms with Gasteiger partial charge in [-0.25, -0.2) is 4.79 Å². The summed E-state index contributed by atoms with van der Waals surface area (Å²) in [6, 6.07) is 0. The van der Waals surface area contributed by atoms with E-state index >= 15 is 0 Å². The molecule has 2 aromatic heterocycles. The zero-order valence-electron chi connectivity index (χ0n) is 16.9. The number of hydrogen-bond acceptors (Lipinski definition) is 7. The number of rotatable bonds is 6. The zero-order valence-corrected chi connectivity index (χ0v) is 16.9. The Morgan fingerprint density at radius 2 is 1.89 bits per heavy atom. The van der Waals surface area contributed by atoms with Crippen LogP contribution in [0.2, 0.25) is 0 Å². The Hall–Kier alpha value is -2.62. The largest absolute Gasteiger partial charge is 0.465 e. The van der Waals surface area contributed by atoms with Gasteiger partial charge < -0.3 is 14.2 Å². The van der Waals surface area contributed by atoms with E-state index in [0.717, 1.165) is 0 Å². The van der Waals surface area contributed by atoms with Gasteiger partial charge in [0.25, 0.3) is 5.56 Å². The van der Waals surface area contributed by atoms with Crippen LogP contribution in [0.3, 0.4) is 0 Å². The Labute approximate surface area is 162 Å². The average molecular weight is 392 g/mol. The monoisotopic (exact) mass is 392 g/mol. The maximum absolute atomic E-state index is 12.5. The van der Waals surface area contributed by atoms with Crippen molar-refractivity contribution >= 4 is 23.1 Å². The summed E-state index contributed by atoms with van der Waals surface area (Å²) in [5.41, 5.74) is -0.0888. The number of aryl methyl sites for hydroxylation is 1. The van der Waals surface area contributed by atoms with Crippen LogP contribution < -0.4 is 16.1 Å². The second-order valence-electron chi connectivity index (χ2n) is 7.47. The van der Waals surface area contributed by atoms with Crippen molar-refractivity contribution < 1.29 is 9.53 Å². The van der Waals surface area contributed by atoms with E-state index in [0.29, 0.717) is 62.4 Å². The fraction of sp³-hybridized carbons (Fsp3) is 0.667. The number of aromatic nitrogens is 4. The number of nitrogens with one attached hydrogen (secondary N) is 1. The molecule has 1 saturated heterocycles. The molecule has 10 nitrogen and oxygen atoms in total. The van der Waals surface area contributed by atoms with E-state index in [1.54, 1.807) is 14.0 Å². The number of carbonyl (C=O) groups is 1. The molecule has 0 bridgehead atoms. The molecule has 1 N–H and O–H groups in total. The van der Waals surface area contributed by atoms with E-state index in [9.17, 15) is 14.4 Å². The van der Waals surface area contributed by atoms with Crippen molar-refractivity contribution in [3.8, 4) is 0 Å². The van der Waals surface area contributed by atoms with Crippen molar-refractivity contribution in [2.45, 2.75) is 27.3 Å². The number of ether oxygens (including phenoxy) is 1. The Morgan fingerprint density at radius 1 is 1.21 bits per heavy atom. The fourth-order valence-corrected chi connectivity index (χ4v) is 3.50. The highest BCUT2D eigenvalue weighted by Crippen LogP contribution is 2.22. The van der Waals surface area contributed by atoms with Gasteiger partial charge in [-0.05, 0) is 12.8 Å². The number of piperazine rings is 1. The molecule has 0 saturated carbocycles. The van der Waals surface area contributed by atoms with Crippen molar-refractivity contribution in [1.29, 1.82) is 0 Å². The first-order chi connectivity index (χ1) is 13.3. The molecule has 1 aliphatic rings. The lowest BCUT2D eigenvalue weighted by Crippen LogP contribution is -2.49. The van der Waals surface area contributed by atoms with Crippen molar-refractivity contribution in [2.75, 3.05) is 44.2 Å². The van der Waals surface area contributed by atoms with Crippen molar-refractivity contribution in [2.24, 2.45) is 13.0 Å². The van der Waals surface area contributed by atoms with Crippen LogP contribution in [-0.2, 0) is 23.1 Å². The second kappa shape index (κ2) is 8.17. The lowest BCUT2D eigenvalue weighted by molar-refractivity contribution is -0.144. The number of aromatic amines is 1. The summed E-state index contributed by atoms with van der Waals surface area (Å²) in [4.78, 5) is 47.3. The third-order valence-electron chi connectivity index (χ3n) is 4.85. The Balaban J connectivity index is 1.90. The van der Waals surface area contributed by atoms with E-state index in [2.05, 4.69) is 28.7 Å². The van der Waals surface area contributed by atoms with Gasteiger partial charge in [0.15, 0.2) is 11.2 Å². The van der Waals surface area contributed by atoms with Gasteiger partial charge in [-0.3, -0.25) is 24.0 Å². The van der Waals surface area contributed by atoms with Crippen LogP contribution in [0.25, 0.3) is 11.2 Å². The number of H-pyrrole nitrogens is 1. The van der Waals surface area contributed by atoms with E-state index in [-0.39, 0.29) is 12.5 Å². The van der Waals surface area contributed by atoms with Gasteiger partial charge in [0.05, 0.1) is 13.2 Å². The van der Waals surface area contributed by atoms with Gasteiger partial charge in [0.1, 0.15) is 0 Å². The van der Waals surface area contributed by atoms with Gasteiger partial charge in [-0.1, -0.05) is 13.8 Å². The average Bonchev–Trinajstić information content (AvgIpc) is 3.00. The van der Waals surface area contributed by atoms with Gasteiger partial charge in [0, 0.05) is 39.8 Å². The molecule has 3 heterocycles. The number of anilines is 1. The normalized spacial score (nSPS) is 15.5. The topological polar surface area (TPSA) is 105 Å². The van der Waals surface area contributed by atoms with Crippen LogP contribution >= 0.6 is 0 Å². The quantitative estimate of drug-likeness (QED) is 0.677. The lowest BCUT2D eigenvalue weighted by Gasteiger charge is -2.35. The summed E-state index contributed by atoms with van der Waals surface area (Å²) in [5.74, 6) is 0.772. The molecule has 0 aromatic carbocycles. The van der Waals surface area contributed by atoms with Gasteiger partial charge >= 0.3 is 11.7 Å². The maximum atomic E-state index is 12.5. The van der Waals surface area contributed by atoms with E-state index < -0.39 is 11.2 Å². The van der Waals surface area contributed by atoms with Crippen molar-refractivity contribution in [1.82, 2.24) is 24.0 Å². The molecule has 28 heavy (non-hydrogen) atoms. The molecule has 0 spiro atoms. The molecule has 0 amide bonds. The van der Waals surface area contributed by atoms with E-state index in [1.165, 1.54) is 4.57 Å². The highest BCUT2D eigenvalue weighted by atomic mass is 16.5. The lowest BCUT2D eigenvalue weighted by atomic mass is 10.2. The molecule has 154 valence electrons. The first-order valence-corrected chi connectivity index (χ1v) is 9.64. The third kappa shape index (κ3) is 3.96.